The molecule has 0 saturated heterocycles. The molecular formula is C30H42N4O4. The van der Waals surface area contributed by atoms with E-state index in [1.165, 1.54) is 0 Å². The quantitative estimate of drug-likeness (QED) is 0.236. The summed E-state index contributed by atoms with van der Waals surface area (Å²) < 4.78 is 6.35. The Kier molecular flexibility index (Phi) is 9.89. The zero-order valence-corrected chi connectivity index (χ0v) is 24.0. The predicted octanol–water partition coefficient (Wildman–Crippen LogP) is 5.87. The number of nitrogens with one attached hydrogen (secondary N) is 1. The van der Waals surface area contributed by atoms with Crippen molar-refractivity contribution in [2.45, 2.75) is 74.1 Å². The van der Waals surface area contributed by atoms with Crippen molar-refractivity contribution in [2.24, 2.45) is 0 Å². The van der Waals surface area contributed by atoms with Gasteiger partial charge in [-0.1, -0.05) is 32.3 Å². The Balaban J connectivity index is 2.37. The number of rotatable bonds is 12. The smallest absolute Gasteiger partial charge is 0.258 e. The summed E-state index contributed by atoms with van der Waals surface area (Å²) >= 11 is 0. The van der Waals surface area contributed by atoms with Crippen LogP contribution in [-0.2, 0) is 0 Å². The topological polar surface area (TPSA) is 95.8 Å². The highest BCUT2D eigenvalue weighted by Gasteiger charge is 2.31. The standard InChI is InChI=1S/C30H42N4O4/c1-8-13-14-15-18-31-24-22(30(37)34(11-4)12-5)25-28(20(7)26(24)35)38-27-19(6)16-17-21(23(27)32-25)29(36)33(9-2)10-3/h16-17,31H,8-15,18H2,1-7H3. The third kappa shape index (κ3) is 5.54. The number of unbranched alkanes of at least 4 members (excludes halogenated alkanes) is 3. The van der Waals surface area contributed by atoms with Crippen molar-refractivity contribution in [1.82, 2.24) is 14.8 Å². The van der Waals surface area contributed by atoms with E-state index in [-0.39, 0.29) is 34.3 Å². The second-order valence-corrected chi connectivity index (χ2v) is 9.65. The largest absolute Gasteiger partial charge is 0.452 e. The zero-order valence-electron chi connectivity index (χ0n) is 24.0. The molecule has 1 heterocycles. The number of aryl methyl sites for hydroxylation is 1. The van der Waals surface area contributed by atoms with Crippen molar-refractivity contribution in [3.8, 4) is 11.5 Å². The van der Waals surface area contributed by atoms with Crippen LogP contribution in [0.2, 0.25) is 0 Å². The fourth-order valence-corrected chi connectivity index (χ4v) is 4.84. The molecule has 8 nitrogen and oxygen atoms in total. The molecule has 0 spiro atoms. The summed E-state index contributed by atoms with van der Waals surface area (Å²) in [5.41, 5.74) is 2.96. The van der Waals surface area contributed by atoms with Gasteiger partial charge in [0.05, 0.1) is 16.8 Å². The Morgan fingerprint density at radius 2 is 1.53 bits per heavy atom. The van der Waals surface area contributed by atoms with Gasteiger partial charge in [0, 0.05) is 38.3 Å². The lowest BCUT2D eigenvalue weighted by molar-refractivity contribution is 0.0767. The molecule has 38 heavy (non-hydrogen) atoms. The summed E-state index contributed by atoms with van der Waals surface area (Å²) in [4.78, 5) is 49.2. The number of hydrogen-bond acceptors (Lipinski definition) is 6. The molecule has 0 radical (unpaired) electrons. The van der Waals surface area contributed by atoms with E-state index in [1.807, 2.05) is 40.7 Å². The maximum absolute atomic E-state index is 13.9. The first kappa shape index (κ1) is 29.1. The van der Waals surface area contributed by atoms with E-state index in [2.05, 4.69) is 12.2 Å². The molecule has 0 aromatic heterocycles. The average molecular weight is 523 g/mol. The zero-order chi connectivity index (χ0) is 28.0. The number of nitrogens with zero attached hydrogens (tertiary/aromatic N) is 3. The third-order valence-electron chi connectivity index (χ3n) is 7.24. The lowest BCUT2D eigenvalue weighted by Gasteiger charge is -2.24. The molecule has 1 aromatic rings. The van der Waals surface area contributed by atoms with Gasteiger partial charge in [-0.05, 0) is 59.6 Å². The lowest BCUT2D eigenvalue weighted by atomic mass is 9.98. The van der Waals surface area contributed by atoms with Crippen LogP contribution in [0.4, 0.5) is 5.69 Å². The van der Waals surface area contributed by atoms with Gasteiger partial charge in [-0.3, -0.25) is 14.4 Å². The van der Waals surface area contributed by atoms with Crippen molar-refractivity contribution >= 4 is 28.6 Å². The third-order valence-corrected chi connectivity index (χ3v) is 7.24. The second-order valence-electron chi connectivity index (χ2n) is 9.65. The number of aromatic nitrogens is 1. The van der Waals surface area contributed by atoms with Crippen molar-refractivity contribution in [2.75, 3.05) is 38.0 Å². The molecule has 0 fully saturated rings. The second kappa shape index (κ2) is 12.9. The van der Waals surface area contributed by atoms with Gasteiger partial charge in [-0.15, -0.1) is 0 Å². The summed E-state index contributed by atoms with van der Waals surface area (Å²) in [5.74, 6) is -0.144. The van der Waals surface area contributed by atoms with Crippen molar-refractivity contribution < 1.29 is 14.0 Å². The van der Waals surface area contributed by atoms with Crippen LogP contribution in [0.5, 0.6) is 0 Å². The monoisotopic (exact) mass is 522 g/mol. The Labute approximate surface area is 225 Å². The Bertz CT molecular complexity index is 1320. The molecule has 0 bridgehead atoms. The van der Waals surface area contributed by atoms with Crippen LogP contribution < -0.4 is 10.7 Å². The van der Waals surface area contributed by atoms with Crippen LogP contribution in [0.3, 0.4) is 0 Å². The highest BCUT2D eigenvalue weighted by molar-refractivity contribution is 6.08. The SMILES string of the molecule is CCCCCCNc1c(C(=O)N(CC)CC)c2nc3c(C(=O)N(CC)CC)ccc(C)c3oc-2c(C)c1=O. The van der Waals surface area contributed by atoms with Crippen LogP contribution in [0.15, 0.2) is 21.3 Å². The van der Waals surface area contributed by atoms with E-state index in [0.717, 1.165) is 31.2 Å². The lowest BCUT2D eigenvalue weighted by Crippen LogP contribution is -2.34. The first-order valence-electron chi connectivity index (χ1n) is 14.0. The summed E-state index contributed by atoms with van der Waals surface area (Å²) in [6.45, 7) is 16.1. The van der Waals surface area contributed by atoms with E-state index in [4.69, 9.17) is 9.40 Å². The van der Waals surface area contributed by atoms with Crippen LogP contribution >= 0.6 is 0 Å². The van der Waals surface area contributed by atoms with Gasteiger partial charge in [-0.25, -0.2) is 4.98 Å². The highest BCUT2D eigenvalue weighted by Crippen LogP contribution is 2.36. The molecule has 2 amide bonds. The van der Waals surface area contributed by atoms with Crippen LogP contribution in [-0.4, -0.2) is 59.3 Å². The Hall–Kier alpha value is -3.42. The van der Waals surface area contributed by atoms with Gasteiger partial charge < -0.3 is 19.5 Å². The fourth-order valence-electron chi connectivity index (χ4n) is 4.84. The molecule has 0 atom stereocenters. The van der Waals surface area contributed by atoms with E-state index < -0.39 is 0 Å². The summed E-state index contributed by atoms with van der Waals surface area (Å²) in [6, 6.07) is 3.60. The Morgan fingerprint density at radius 3 is 2.13 bits per heavy atom. The maximum Gasteiger partial charge on any atom is 0.258 e. The van der Waals surface area contributed by atoms with E-state index >= 15 is 0 Å². The fraction of sp³-hybridized carbons (Fsp3) is 0.533. The first-order chi connectivity index (χ1) is 18.2. The van der Waals surface area contributed by atoms with Gasteiger partial charge in [-0.2, -0.15) is 0 Å². The molecular weight excluding hydrogens is 480 g/mol. The van der Waals surface area contributed by atoms with Crippen LogP contribution in [0, 0.1) is 13.8 Å². The van der Waals surface area contributed by atoms with Crippen LogP contribution in [0.25, 0.3) is 22.6 Å². The summed E-state index contributed by atoms with van der Waals surface area (Å²) in [5, 5.41) is 3.27. The van der Waals surface area contributed by atoms with Gasteiger partial charge in [0.15, 0.2) is 11.3 Å². The molecule has 1 N–H and O–H groups in total. The highest BCUT2D eigenvalue weighted by atomic mass is 16.3. The molecule has 8 heteroatoms. The van der Waals surface area contributed by atoms with Crippen LogP contribution in [0.1, 0.15) is 92.1 Å². The minimum atomic E-state index is -0.278. The molecule has 2 aliphatic rings. The number of carbonyl (C=O) groups excluding carboxylic acids is 2. The number of hydrogen-bond donors (Lipinski definition) is 1. The number of anilines is 1. The van der Waals surface area contributed by atoms with Gasteiger partial charge in [0.2, 0.25) is 5.43 Å². The van der Waals surface area contributed by atoms with Crippen molar-refractivity contribution in [1.29, 1.82) is 0 Å². The number of amides is 2. The van der Waals surface area contributed by atoms with Gasteiger partial charge >= 0.3 is 0 Å². The Morgan fingerprint density at radius 1 is 0.895 bits per heavy atom. The number of benzene rings is 2. The van der Waals surface area contributed by atoms with Gasteiger partial charge in [0.1, 0.15) is 11.2 Å². The molecule has 1 aromatic carbocycles. The molecule has 1 aliphatic carbocycles. The maximum atomic E-state index is 13.9. The minimum absolute atomic E-state index is 0.148. The summed E-state index contributed by atoms with van der Waals surface area (Å²) in [7, 11) is 0. The number of carbonyl (C=O) groups is 2. The van der Waals surface area contributed by atoms with Crippen molar-refractivity contribution in [3.63, 3.8) is 0 Å². The molecule has 1 aliphatic heterocycles. The van der Waals surface area contributed by atoms with Gasteiger partial charge in [0.25, 0.3) is 11.8 Å². The first-order valence-corrected chi connectivity index (χ1v) is 14.0. The molecule has 3 rings (SSSR count). The van der Waals surface area contributed by atoms with E-state index in [9.17, 15) is 14.4 Å². The normalized spacial score (nSPS) is 11.2. The van der Waals surface area contributed by atoms with Crippen molar-refractivity contribution in [3.05, 3.63) is 44.6 Å². The van der Waals surface area contributed by atoms with E-state index in [1.54, 1.807) is 22.8 Å². The van der Waals surface area contributed by atoms with E-state index in [0.29, 0.717) is 60.6 Å². The number of fused-ring (bicyclic) bond motifs is 2. The average Bonchev–Trinajstić information content (AvgIpc) is 2.92. The molecule has 0 saturated carbocycles. The minimum Gasteiger partial charge on any atom is -0.452 e. The molecule has 0 unspecified atom stereocenters. The summed E-state index contributed by atoms with van der Waals surface area (Å²) in [6.07, 6.45) is 4.15. The predicted molar refractivity (Wildman–Crippen MR) is 154 cm³/mol. The molecule has 206 valence electrons.